The van der Waals surface area contributed by atoms with Crippen molar-refractivity contribution in [1.82, 2.24) is 0 Å². The number of aliphatic carboxylic acids is 1. The second-order valence-corrected chi connectivity index (χ2v) is 6.07. The molecule has 0 radical (unpaired) electrons. The summed E-state index contributed by atoms with van der Waals surface area (Å²) >= 11 is 0. The number of carbonyl (C=O) groups is 1. The van der Waals surface area contributed by atoms with Crippen LogP contribution < -0.4 is 0 Å². The van der Waals surface area contributed by atoms with Gasteiger partial charge in [0.05, 0.1) is 4.90 Å². The lowest BCUT2D eigenvalue weighted by Gasteiger charge is -2.19. The molecule has 1 N–H and O–H groups in total. The van der Waals surface area contributed by atoms with Crippen LogP contribution in [0.5, 0.6) is 0 Å². The summed E-state index contributed by atoms with van der Waals surface area (Å²) in [6, 6.07) is 7.71. The third kappa shape index (κ3) is 2.85. The van der Waals surface area contributed by atoms with Gasteiger partial charge in [-0.25, -0.2) is 8.42 Å². The first-order valence-electron chi connectivity index (χ1n) is 5.43. The lowest BCUT2D eigenvalue weighted by molar-refractivity contribution is -0.137. The molecule has 1 aromatic carbocycles. The number of hydrogen-bond donors (Lipinski definition) is 1. The van der Waals surface area contributed by atoms with Crippen molar-refractivity contribution in [1.29, 1.82) is 0 Å². The first-order chi connectivity index (χ1) is 7.91. The van der Waals surface area contributed by atoms with Crippen LogP contribution in [0.25, 0.3) is 0 Å². The summed E-state index contributed by atoms with van der Waals surface area (Å²) in [5.41, 5.74) is 0. The third-order valence-electron chi connectivity index (χ3n) is 2.81. The molecule has 5 heteroatoms. The normalized spacial score (nSPS) is 15.2. The van der Waals surface area contributed by atoms with Gasteiger partial charge < -0.3 is 5.11 Å². The molecule has 1 aromatic rings. The average Bonchev–Trinajstić information content (AvgIpc) is 2.29. The van der Waals surface area contributed by atoms with Gasteiger partial charge in [-0.15, -0.1) is 0 Å². The van der Waals surface area contributed by atoms with Crippen LogP contribution >= 0.6 is 0 Å². The Kier molecular flexibility index (Phi) is 4.28. The minimum absolute atomic E-state index is 0.0627. The molecule has 0 saturated carbocycles. The zero-order valence-corrected chi connectivity index (χ0v) is 10.6. The van der Waals surface area contributed by atoms with Gasteiger partial charge in [0, 0.05) is 0 Å². The predicted octanol–water partition coefficient (Wildman–Crippen LogP) is 1.96. The molecule has 4 nitrogen and oxygen atoms in total. The smallest absolute Gasteiger partial charge is 0.322 e. The van der Waals surface area contributed by atoms with Gasteiger partial charge in [-0.2, -0.15) is 0 Å². The molecule has 2 unspecified atom stereocenters. The van der Waals surface area contributed by atoms with E-state index in [1.807, 2.05) is 0 Å². The molecule has 0 amide bonds. The van der Waals surface area contributed by atoms with E-state index in [0.29, 0.717) is 6.42 Å². The molecule has 17 heavy (non-hydrogen) atoms. The van der Waals surface area contributed by atoms with Gasteiger partial charge in [-0.3, -0.25) is 4.79 Å². The van der Waals surface area contributed by atoms with Crippen molar-refractivity contribution in [2.24, 2.45) is 5.92 Å². The summed E-state index contributed by atoms with van der Waals surface area (Å²) in [6.45, 7) is 3.42. The zero-order valence-electron chi connectivity index (χ0n) is 9.83. The highest BCUT2D eigenvalue weighted by molar-refractivity contribution is 7.92. The van der Waals surface area contributed by atoms with Gasteiger partial charge >= 0.3 is 5.97 Å². The summed E-state index contributed by atoms with van der Waals surface area (Å²) in [6.07, 6.45) is 0.503. The van der Waals surface area contributed by atoms with Gasteiger partial charge in [0.15, 0.2) is 15.1 Å². The molecular weight excluding hydrogens is 240 g/mol. The van der Waals surface area contributed by atoms with Gasteiger partial charge in [0.25, 0.3) is 0 Å². The Hall–Kier alpha value is -1.36. The standard InChI is InChI=1S/C12H16O4S/c1-3-9(2)11(12(13)14)17(15,16)10-7-5-4-6-8-10/h4-9,11H,3H2,1-2H3,(H,13,14). The van der Waals surface area contributed by atoms with Gasteiger partial charge in [-0.05, 0) is 18.1 Å². The number of rotatable bonds is 5. The monoisotopic (exact) mass is 256 g/mol. The Bertz CT molecular complexity index is 478. The third-order valence-corrected chi connectivity index (χ3v) is 5.07. The fraction of sp³-hybridized carbons (Fsp3) is 0.417. The zero-order chi connectivity index (χ0) is 13.1. The first-order valence-corrected chi connectivity index (χ1v) is 6.97. The van der Waals surface area contributed by atoms with Crippen LogP contribution in [0, 0.1) is 5.92 Å². The van der Waals surface area contributed by atoms with E-state index in [1.54, 1.807) is 32.0 Å². The Balaban J connectivity index is 3.24. The van der Waals surface area contributed by atoms with Crippen LogP contribution in [0.2, 0.25) is 0 Å². The fourth-order valence-corrected chi connectivity index (χ4v) is 3.55. The molecular formula is C12H16O4S. The molecule has 1 rings (SSSR count). The molecule has 2 atom stereocenters. The van der Waals surface area contributed by atoms with E-state index < -0.39 is 27.0 Å². The molecule has 0 fully saturated rings. The largest absolute Gasteiger partial charge is 0.480 e. The van der Waals surface area contributed by atoms with E-state index >= 15 is 0 Å². The van der Waals surface area contributed by atoms with Crippen molar-refractivity contribution in [2.75, 3.05) is 0 Å². The SMILES string of the molecule is CCC(C)C(C(=O)O)S(=O)(=O)c1ccccc1. The molecule has 94 valence electrons. The Labute approximate surface area is 101 Å². The summed E-state index contributed by atoms with van der Waals surface area (Å²) in [5, 5.41) is 7.71. The van der Waals surface area contributed by atoms with E-state index in [0.717, 1.165) is 0 Å². The van der Waals surface area contributed by atoms with Crippen molar-refractivity contribution in [3.8, 4) is 0 Å². The maximum Gasteiger partial charge on any atom is 0.322 e. The highest BCUT2D eigenvalue weighted by Gasteiger charge is 2.37. The van der Waals surface area contributed by atoms with Crippen molar-refractivity contribution < 1.29 is 18.3 Å². The summed E-state index contributed by atoms with van der Waals surface area (Å²) in [4.78, 5) is 11.2. The summed E-state index contributed by atoms with van der Waals surface area (Å²) < 4.78 is 24.4. The minimum atomic E-state index is -3.81. The van der Waals surface area contributed by atoms with Crippen molar-refractivity contribution in [3.63, 3.8) is 0 Å². The Morgan fingerprint density at radius 3 is 2.24 bits per heavy atom. The second kappa shape index (κ2) is 5.31. The van der Waals surface area contributed by atoms with Gasteiger partial charge in [-0.1, -0.05) is 38.5 Å². The second-order valence-electron chi connectivity index (χ2n) is 4.00. The molecule has 0 saturated heterocycles. The number of carboxylic acids is 1. The van der Waals surface area contributed by atoms with E-state index in [-0.39, 0.29) is 4.90 Å². The highest BCUT2D eigenvalue weighted by atomic mass is 32.2. The maximum absolute atomic E-state index is 12.2. The first kappa shape index (κ1) is 13.7. The molecule has 0 aliphatic rings. The molecule has 0 bridgehead atoms. The van der Waals surface area contributed by atoms with Gasteiger partial charge in [0.1, 0.15) is 0 Å². The number of sulfone groups is 1. The predicted molar refractivity (Wildman–Crippen MR) is 64.5 cm³/mol. The lowest BCUT2D eigenvalue weighted by Crippen LogP contribution is -2.36. The lowest BCUT2D eigenvalue weighted by atomic mass is 10.1. The van der Waals surface area contributed by atoms with E-state index in [1.165, 1.54) is 12.1 Å². The van der Waals surface area contributed by atoms with Crippen LogP contribution in [0.4, 0.5) is 0 Å². The average molecular weight is 256 g/mol. The van der Waals surface area contributed by atoms with E-state index in [9.17, 15) is 13.2 Å². The maximum atomic E-state index is 12.2. The van der Waals surface area contributed by atoms with Crippen LogP contribution in [0.3, 0.4) is 0 Å². The van der Waals surface area contributed by atoms with Crippen LogP contribution in [-0.4, -0.2) is 24.7 Å². The quantitative estimate of drug-likeness (QED) is 0.874. The number of carboxylic acid groups (broad SMARTS) is 1. The minimum Gasteiger partial charge on any atom is -0.480 e. The molecule has 0 aromatic heterocycles. The number of benzene rings is 1. The highest BCUT2D eigenvalue weighted by Crippen LogP contribution is 2.23. The van der Waals surface area contributed by atoms with Crippen LogP contribution in [0.1, 0.15) is 20.3 Å². The Morgan fingerprint density at radius 2 is 1.82 bits per heavy atom. The van der Waals surface area contributed by atoms with Crippen LogP contribution in [-0.2, 0) is 14.6 Å². The summed E-state index contributed by atoms with van der Waals surface area (Å²) in [5.74, 6) is -1.71. The Morgan fingerprint density at radius 1 is 1.29 bits per heavy atom. The van der Waals surface area contributed by atoms with Crippen LogP contribution in [0.15, 0.2) is 35.2 Å². The van der Waals surface area contributed by atoms with Gasteiger partial charge in [0.2, 0.25) is 0 Å². The summed E-state index contributed by atoms with van der Waals surface area (Å²) in [7, 11) is -3.81. The molecule has 0 heterocycles. The number of hydrogen-bond acceptors (Lipinski definition) is 3. The van der Waals surface area contributed by atoms with Crippen molar-refractivity contribution >= 4 is 15.8 Å². The molecule has 0 aliphatic carbocycles. The van der Waals surface area contributed by atoms with Crippen molar-refractivity contribution in [3.05, 3.63) is 30.3 Å². The molecule has 0 aliphatic heterocycles. The van der Waals surface area contributed by atoms with Crippen molar-refractivity contribution in [2.45, 2.75) is 30.4 Å². The van der Waals surface area contributed by atoms with E-state index in [2.05, 4.69) is 0 Å². The fourth-order valence-electron chi connectivity index (χ4n) is 1.65. The molecule has 0 spiro atoms. The topological polar surface area (TPSA) is 71.4 Å². The van der Waals surface area contributed by atoms with E-state index in [4.69, 9.17) is 5.11 Å².